The zero-order valence-electron chi connectivity index (χ0n) is 11.4. The van der Waals surface area contributed by atoms with E-state index in [1.807, 2.05) is 24.8 Å². The van der Waals surface area contributed by atoms with E-state index in [1.54, 1.807) is 0 Å². The van der Waals surface area contributed by atoms with Crippen molar-refractivity contribution >= 4 is 5.91 Å². The predicted octanol–water partition coefficient (Wildman–Crippen LogP) is 1.48. The van der Waals surface area contributed by atoms with Crippen molar-refractivity contribution in [3.05, 3.63) is 17.5 Å². The smallest absolute Gasteiger partial charge is 0.317 e. The van der Waals surface area contributed by atoms with Gasteiger partial charge < -0.3 is 9.64 Å². The second-order valence-corrected chi connectivity index (χ2v) is 5.52. The lowest BCUT2D eigenvalue weighted by atomic mass is 10.3. The first kappa shape index (κ1) is 12.4. The van der Waals surface area contributed by atoms with Crippen LogP contribution in [0.3, 0.4) is 0 Å². The Balaban J connectivity index is 1.60. The summed E-state index contributed by atoms with van der Waals surface area (Å²) in [5.74, 6) is 0.587. The van der Waals surface area contributed by atoms with Crippen molar-refractivity contribution in [2.75, 3.05) is 13.1 Å². The van der Waals surface area contributed by atoms with Crippen molar-refractivity contribution < 1.29 is 9.53 Å². The average molecular weight is 261 g/mol. The zero-order valence-corrected chi connectivity index (χ0v) is 11.4. The quantitative estimate of drug-likeness (QED) is 0.827. The molecule has 1 atom stereocenters. The second kappa shape index (κ2) is 4.79. The molecule has 19 heavy (non-hydrogen) atoms. The largest absolute Gasteiger partial charge is 0.458 e. The number of aryl methyl sites for hydroxylation is 2. The lowest BCUT2D eigenvalue weighted by Gasteiger charge is -2.16. The molecule has 1 aliphatic carbocycles. The van der Waals surface area contributed by atoms with E-state index in [2.05, 4.69) is 9.97 Å². The highest BCUT2D eigenvalue weighted by molar-refractivity contribution is 5.81. The maximum absolute atomic E-state index is 12.0. The maximum atomic E-state index is 12.0. The van der Waals surface area contributed by atoms with Crippen LogP contribution in [-0.2, 0) is 4.79 Å². The molecule has 2 fully saturated rings. The van der Waals surface area contributed by atoms with E-state index in [9.17, 15) is 4.79 Å². The predicted molar refractivity (Wildman–Crippen MR) is 69.8 cm³/mol. The lowest BCUT2D eigenvalue weighted by molar-refractivity contribution is -0.131. The van der Waals surface area contributed by atoms with Gasteiger partial charge in [0.2, 0.25) is 5.91 Å². The van der Waals surface area contributed by atoms with Gasteiger partial charge in [-0.3, -0.25) is 4.79 Å². The highest BCUT2D eigenvalue weighted by Crippen LogP contribution is 2.32. The van der Waals surface area contributed by atoms with Gasteiger partial charge in [-0.1, -0.05) is 0 Å². The Morgan fingerprint density at radius 3 is 2.58 bits per heavy atom. The van der Waals surface area contributed by atoms with Gasteiger partial charge in [-0.2, -0.15) is 0 Å². The summed E-state index contributed by atoms with van der Waals surface area (Å²) in [6.07, 6.45) is 3.01. The van der Waals surface area contributed by atoms with Gasteiger partial charge in [0.1, 0.15) is 6.10 Å². The van der Waals surface area contributed by atoms with Gasteiger partial charge in [-0.15, -0.1) is 0 Å². The van der Waals surface area contributed by atoms with E-state index >= 15 is 0 Å². The number of nitrogens with zero attached hydrogens (tertiary/aromatic N) is 3. The van der Waals surface area contributed by atoms with Crippen molar-refractivity contribution in [3.8, 4) is 6.01 Å². The van der Waals surface area contributed by atoms with Crippen LogP contribution in [0.1, 0.15) is 30.7 Å². The van der Waals surface area contributed by atoms with Crippen molar-refractivity contribution in [3.63, 3.8) is 0 Å². The molecule has 0 aromatic carbocycles. The lowest BCUT2D eigenvalue weighted by Crippen LogP contribution is -2.32. The first-order valence-corrected chi connectivity index (χ1v) is 6.89. The molecular weight excluding hydrogens is 242 g/mol. The molecule has 3 rings (SSSR count). The Hall–Kier alpha value is -1.65. The standard InChI is InChI=1S/C14H19N3O2/c1-9-7-10(2)16-14(15-9)19-12-5-6-17(8-12)13(18)11-3-4-11/h7,11-12H,3-6,8H2,1-2H3. The van der Waals surface area contributed by atoms with Crippen LogP contribution in [0.2, 0.25) is 0 Å². The minimum absolute atomic E-state index is 0.0314. The SMILES string of the molecule is Cc1cc(C)nc(OC2CCN(C(=O)C3CC3)C2)n1. The van der Waals surface area contributed by atoms with Crippen LogP contribution in [0.25, 0.3) is 0 Å². The van der Waals surface area contributed by atoms with Crippen LogP contribution < -0.4 is 4.74 Å². The number of likely N-dealkylation sites (tertiary alicyclic amines) is 1. The van der Waals surface area contributed by atoms with Gasteiger partial charge >= 0.3 is 6.01 Å². The van der Waals surface area contributed by atoms with E-state index in [-0.39, 0.29) is 12.0 Å². The summed E-state index contributed by atoms with van der Waals surface area (Å²) >= 11 is 0. The van der Waals surface area contributed by atoms with Crippen LogP contribution in [0, 0.1) is 19.8 Å². The summed E-state index contributed by atoms with van der Waals surface area (Å²) in [7, 11) is 0. The van der Waals surface area contributed by atoms with Crippen LogP contribution in [0.5, 0.6) is 6.01 Å². The summed E-state index contributed by atoms with van der Waals surface area (Å²) in [4.78, 5) is 22.4. The van der Waals surface area contributed by atoms with Gasteiger partial charge in [-0.05, 0) is 32.8 Å². The van der Waals surface area contributed by atoms with Gasteiger partial charge in [0.25, 0.3) is 0 Å². The highest BCUT2D eigenvalue weighted by Gasteiger charge is 2.37. The number of hydrogen-bond acceptors (Lipinski definition) is 4. The van der Waals surface area contributed by atoms with Crippen molar-refractivity contribution in [2.24, 2.45) is 5.92 Å². The summed E-state index contributed by atoms with van der Waals surface area (Å²) in [5, 5.41) is 0. The number of aromatic nitrogens is 2. The summed E-state index contributed by atoms with van der Waals surface area (Å²) < 4.78 is 5.80. The Morgan fingerprint density at radius 2 is 1.95 bits per heavy atom. The Morgan fingerprint density at radius 1 is 1.26 bits per heavy atom. The zero-order chi connectivity index (χ0) is 13.4. The second-order valence-electron chi connectivity index (χ2n) is 5.52. The molecule has 0 radical (unpaired) electrons. The molecule has 1 aliphatic heterocycles. The minimum Gasteiger partial charge on any atom is -0.458 e. The van der Waals surface area contributed by atoms with Crippen LogP contribution >= 0.6 is 0 Å². The third-order valence-corrected chi connectivity index (χ3v) is 3.62. The highest BCUT2D eigenvalue weighted by atomic mass is 16.5. The molecule has 2 heterocycles. The number of hydrogen-bond donors (Lipinski definition) is 0. The van der Waals surface area contributed by atoms with Crippen LogP contribution in [0.15, 0.2) is 6.07 Å². The summed E-state index contributed by atoms with van der Waals surface area (Å²) in [5.41, 5.74) is 1.82. The molecule has 1 unspecified atom stereocenters. The molecule has 5 heteroatoms. The molecule has 2 aliphatic rings. The maximum Gasteiger partial charge on any atom is 0.317 e. The molecule has 5 nitrogen and oxygen atoms in total. The van der Waals surface area contributed by atoms with Crippen molar-refractivity contribution in [2.45, 2.75) is 39.2 Å². The molecular formula is C14H19N3O2. The number of ether oxygens (including phenoxy) is 1. The number of amides is 1. The molecule has 1 aromatic rings. The topological polar surface area (TPSA) is 55.3 Å². The van der Waals surface area contributed by atoms with Crippen molar-refractivity contribution in [1.82, 2.24) is 14.9 Å². The first-order valence-electron chi connectivity index (χ1n) is 6.89. The Labute approximate surface area is 113 Å². The van der Waals surface area contributed by atoms with Gasteiger partial charge in [0.15, 0.2) is 0 Å². The minimum atomic E-state index is 0.0314. The molecule has 1 amide bonds. The van der Waals surface area contributed by atoms with Gasteiger partial charge in [-0.25, -0.2) is 9.97 Å². The van der Waals surface area contributed by atoms with Crippen molar-refractivity contribution in [1.29, 1.82) is 0 Å². The first-order chi connectivity index (χ1) is 9.11. The fourth-order valence-electron chi connectivity index (χ4n) is 2.51. The Kier molecular flexibility index (Phi) is 3.12. The van der Waals surface area contributed by atoms with E-state index in [4.69, 9.17) is 4.74 Å². The average Bonchev–Trinajstić information content (AvgIpc) is 3.08. The molecule has 1 saturated carbocycles. The van der Waals surface area contributed by atoms with Gasteiger partial charge in [0, 0.05) is 30.3 Å². The van der Waals surface area contributed by atoms with Crippen LogP contribution in [-0.4, -0.2) is 40.0 Å². The third kappa shape index (κ3) is 2.85. The molecule has 0 spiro atoms. The third-order valence-electron chi connectivity index (χ3n) is 3.62. The van der Waals surface area contributed by atoms with E-state index in [0.29, 0.717) is 18.5 Å². The Bertz CT molecular complexity index is 479. The van der Waals surface area contributed by atoms with E-state index in [0.717, 1.165) is 37.2 Å². The molecule has 0 bridgehead atoms. The fourth-order valence-corrected chi connectivity index (χ4v) is 2.51. The normalized spacial score (nSPS) is 22.6. The summed E-state index contributed by atoms with van der Waals surface area (Å²) in [6, 6.07) is 2.35. The summed E-state index contributed by atoms with van der Waals surface area (Å²) in [6.45, 7) is 5.33. The molecule has 0 N–H and O–H groups in total. The van der Waals surface area contributed by atoms with Crippen LogP contribution in [0.4, 0.5) is 0 Å². The number of rotatable bonds is 3. The van der Waals surface area contributed by atoms with Gasteiger partial charge in [0.05, 0.1) is 6.54 Å². The van der Waals surface area contributed by atoms with E-state index < -0.39 is 0 Å². The molecule has 1 aromatic heterocycles. The fraction of sp³-hybridized carbons (Fsp3) is 0.643. The number of carbonyl (C=O) groups is 1. The molecule has 1 saturated heterocycles. The van der Waals surface area contributed by atoms with E-state index in [1.165, 1.54) is 0 Å². The monoisotopic (exact) mass is 261 g/mol. The molecule has 102 valence electrons. The number of carbonyl (C=O) groups excluding carboxylic acids is 1.